The molecule has 0 aromatic heterocycles. The fourth-order valence-electron chi connectivity index (χ4n) is 3.27. The second kappa shape index (κ2) is 8.46. The summed E-state index contributed by atoms with van der Waals surface area (Å²) in [6.45, 7) is 7.09. The maximum atomic E-state index is 13.1. The summed E-state index contributed by atoms with van der Waals surface area (Å²) in [6.07, 6.45) is 0. The minimum absolute atomic E-state index is 0.157. The number of anilines is 2. The highest BCUT2D eigenvalue weighted by Gasteiger charge is 2.26. The number of piperazine rings is 1. The monoisotopic (exact) mass is 409 g/mol. The summed E-state index contributed by atoms with van der Waals surface area (Å²) in [5.74, 6) is -0.589. The van der Waals surface area contributed by atoms with Gasteiger partial charge < -0.3 is 10.2 Å². The summed E-state index contributed by atoms with van der Waals surface area (Å²) in [5, 5.41) is 3.70. The summed E-state index contributed by atoms with van der Waals surface area (Å²) in [5.41, 5.74) is 2.74. The van der Waals surface area contributed by atoms with Gasteiger partial charge >= 0.3 is 0 Å². The molecule has 144 valence electrons. The van der Waals surface area contributed by atoms with Crippen LogP contribution in [0.3, 0.4) is 0 Å². The van der Waals surface area contributed by atoms with Gasteiger partial charge in [0.2, 0.25) is 5.91 Å². The van der Waals surface area contributed by atoms with Crippen molar-refractivity contribution in [2.45, 2.75) is 19.9 Å². The smallest absolute Gasteiger partial charge is 0.241 e. The van der Waals surface area contributed by atoms with E-state index in [-0.39, 0.29) is 17.0 Å². The molecule has 7 heteroatoms. The van der Waals surface area contributed by atoms with Crippen molar-refractivity contribution >= 4 is 40.5 Å². The number of aryl methyl sites for hydroxylation is 1. The number of benzene rings is 2. The van der Waals surface area contributed by atoms with Crippen molar-refractivity contribution in [2.75, 3.05) is 36.4 Å². The van der Waals surface area contributed by atoms with E-state index in [1.807, 2.05) is 25.1 Å². The van der Waals surface area contributed by atoms with Crippen molar-refractivity contribution in [1.82, 2.24) is 4.90 Å². The van der Waals surface area contributed by atoms with Crippen LogP contribution in [0.5, 0.6) is 0 Å². The summed E-state index contributed by atoms with van der Waals surface area (Å²) < 4.78 is 13.1. The Balaban J connectivity index is 1.60. The highest BCUT2D eigenvalue weighted by molar-refractivity contribution is 6.33. The average Bonchev–Trinajstić information content (AvgIpc) is 2.65. The fraction of sp³-hybridized carbons (Fsp3) is 0.350. The number of carbonyl (C=O) groups excluding carboxylic acids is 1. The number of hydrogen-bond donors (Lipinski definition) is 1. The van der Waals surface area contributed by atoms with E-state index in [1.54, 1.807) is 0 Å². The van der Waals surface area contributed by atoms with Gasteiger partial charge in [0.25, 0.3) is 0 Å². The molecular formula is C20H22Cl2FN3O. The molecule has 27 heavy (non-hydrogen) atoms. The molecule has 0 bridgehead atoms. The van der Waals surface area contributed by atoms with E-state index in [0.717, 1.165) is 36.9 Å². The number of hydrogen-bond acceptors (Lipinski definition) is 3. The van der Waals surface area contributed by atoms with E-state index in [0.29, 0.717) is 5.69 Å². The summed E-state index contributed by atoms with van der Waals surface area (Å²) >= 11 is 12.1. The first kappa shape index (κ1) is 19.9. The van der Waals surface area contributed by atoms with Crippen LogP contribution in [-0.2, 0) is 4.79 Å². The molecule has 1 atom stereocenters. The number of nitrogens with one attached hydrogen (secondary N) is 1. The maximum absolute atomic E-state index is 13.1. The van der Waals surface area contributed by atoms with Crippen molar-refractivity contribution in [1.29, 1.82) is 0 Å². The Hall–Kier alpha value is -1.82. The van der Waals surface area contributed by atoms with Crippen molar-refractivity contribution < 1.29 is 9.18 Å². The lowest BCUT2D eigenvalue weighted by molar-refractivity contribution is -0.120. The van der Waals surface area contributed by atoms with Crippen LogP contribution >= 0.6 is 23.2 Å². The van der Waals surface area contributed by atoms with Gasteiger partial charge in [0.05, 0.1) is 16.8 Å². The zero-order valence-electron chi connectivity index (χ0n) is 15.3. The third kappa shape index (κ3) is 4.72. The molecule has 1 aliphatic heterocycles. The fourth-order valence-corrected chi connectivity index (χ4v) is 3.65. The normalized spacial score (nSPS) is 16.3. The van der Waals surface area contributed by atoms with Crippen LogP contribution in [0.2, 0.25) is 10.0 Å². The molecule has 1 fully saturated rings. The molecule has 4 nitrogen and oxygen atoms in total. The molecule has 3 rings (SSSR count). The highest BCUT2D eigenvalue weighted by atomic mass is 35.5. The first-order valence-corrected chi connectivity index (χ1v) is 9.62. The third-order valence-corrected chi connectivity index (χ3v) is 5.49. The van der Waals surface area contributed by atoms with E-state index < -0.39 is 5.82 Å². The van der Waals surface area contributed by atoms with Crippen LogP contribution in [-0.4, -0.2) is 43.0 Å². The van der Waals surface area contributed by atoms with E-state index in [4.69, 9.17) is 23.2 Å². The van der Waals surface area contributed by atoms with E-state index >= 15 is 0 Å². The Bertz CT molecular complexity index is 838. The molecule has 2 aromatic carbocycles. The lowest BCUT2D eigenvalue weighted by Gasteiger charge is -2.39. The molecule has 1 N–H and O–H groups in total. The Morgan fingerprint density at radius 3 is 2.48 bits per heavy atom. The molecular weight excluding hydrogens is 388 g/mol. The minimum Gasteiger partial charge on any atom is -0.369 e. The molecule has 2 aromatic rings. The van der Waals surface area contributed by atoms with Gasteiger partial charge in [-0.3, -0.25) is 9.69 Å². The first-order valence-electron chi connectivity index (χ1n) is 8.86. The van der Waals surface area contributed by atoms with Crippen LogP contribution in [0.15, 0.2) is 36.4 Å². The predicted molar refractivity (Wildman–Crippen MR) is 109 cm³/mol. The molecule has 0 radical (unpaired) electrons. The van der Waals surface area contributed by atoms with Gasteiger partial charge in [-0.25, -0.2) is 4.39 Å². The van der Waals surface area contributed by atoms with Crippen molar-refractivity contribution in [3.63, 3.8) is 0 Å². The van der Waals surface area contributed by atoms with Gasteiger partial charge in [-0.1, -0.05) is 29.3 Å². The van der Waals surface area contributed by atoms with Crippen LogP contribution in [0, 0.1) is 12.7 Å². The van der Waals surface area contributed by atoms with Gasteiger partial charge in [0.1, 0.15) is 5.82 Å². The lowest BCUT2D eigenvalue weighted by Crippen LogP contribution is -2.53. The zero-order chi connectivity index (χ0) is 19.6. The van der Waals surface area contributed by atoms with Crippen LogP contribution in [0.1, 0.15) is 12.5 Å². The van der Waals surface area contributed by atoms with Crippen LogP contribution in [0.4, 0.5) is 15.8 Å². The largest absolute Gasteiger partial charge is 0.369 e. The predicted octanol–water partition coefficient (Wildman–Crippen LogP) is 4.59. The molecule has 0 aliphatic carbocycles. The summed E-state index contributed by atoms with van der Waals surface area (Å²) in [7, 11) is 0. The molecule has 0 spiro atoms. The number of halogens is 3. The van der Waals surface area contributed by atoms with Crippen molar-refractivity contribution in [3.05, 3.63) is 57.8 Å². The standard InChI is InChI=1S/C20H22Cl2FN3O/c1-13-3-4-15(21)11-19(13)26-9-7-25(8-10-26)14(2)20(27)24-18-6-5-16(23)12-17(18)22/h3-6,11-12,14H,7-10H2,1-2H3,(H,24,27)/t14-/m1/s1. The van der Waals surface area contributed by atoms with Crippen molar-refractivity contribution in [3.8, 4) is 0 Å². The van der Waals surface area contributed by atoms with Gasteiger partial charge in [0, 0.05) is 36.9 Å². The van der Waals surface area contributed by atoms with E-state index in [1.165, 1.54) is 23.8 Å². The number of nitrogens with zero attached hydrogens (tertiary/aromatic N) is 2. The van der Waals surface area contributed by atoms with Crippen LogP contribution < -0.4 is 10.2 Å². The van der Waals surface area contributed by atoms with Crippen LogP contribution in [0.25, 0.3) is 0 Å². The summed E-state index contributed by atoms with van der Waals surface area (Å²) in [6, 6.07) is 9.53. The Morgan fingerprint density at radius 2 is 1.81 bits per heavy atom. The molecule has 0 unspecified atom stereocenters. The second-order valence-corrected chi connectivity index (χ2v) is 7.59. The van der Waals surface area contributed by atoms with Gasteiger partial charge in [-0.15, -0.1) is 0 Å². The zero-order valence-corrected chi connectivity index (χ0v) is 16.8. The van der Waals surface area contributed by atoms with E-state index in [9.17, 15) is 9.18 Å². The highest BCUT2D eigenvalue weighted by Crippen LogP contribution is 2.26. The Morgan fingerprint density at radius 1 is 1.11 bits per heavy atom. The van der Waals surface area contributed by atoms with Gasteiger partial charge in [-0.05, 0) is 49.7 Å². The molecule has 1 heterocycles. The minimum atomic E-state index is -0.432. The molecule has 1 aliphatic rings. The van der Waals surface area contributed by atoms with Gasteiger partial charge in [0.15, 0.2) is 0 Å². The molecule has 1 saturated heterocycles. The van der Waals surface area contributed by atoms with Gasteiger partial charge in [-0.2, -0.15) is 0 Å². The SMILES string of the molecule is Cc1ccc(Cl)cc1N1CCN([C@H](C)C(=O)Nc2ccc(F)cc2Cl)CC1. The second-order valence-electron chi connectivity index (χ2n) is 6.74. The maximum Gasteiger partial charge on any atom is 0.241 e. The summed E-state index contributed by atoms with van der Waals surface area (Å²) in [4.78, 5) is 17.0. The topological polar surface area (TPSA) is 35.6 Å². The quantitative estimate of drug-likeness (QED) is 0.801. The number of amides is 1. The van der Waals surface area contributed by atoms with Crippen molar-refractivity contribution in [2.24, 2.45) is 0 Å². The number of carbonyl (C=O) groups is 1. The lowest BCUT2D eigenvalue weighted by atomic mass is 10.1. The number of rotatable bonds is 4. The Kier molecular flexibility index (Phi) is 6.25. The molecule has 0 saturated carbocycles. The molecule has 1 amide bonds. The third-order valence-electron chi connectivity index (χ3n) is 4.94. The average molecular weight is 410 g/mol. The van der Waals surface area contributed by atoms with E-state index in [2.05, 4.69) is 22.0 Å². The Labute approximate surface area is 168 Å². The first-order chi connectivity index (χ1) is 12.8.